The predicted octanol–water partition coefficient (Wildman–Crippen LogP) is 1.99. The SMILES string of the molecule is COc1cc(OC)cc(C(=O)NCC(=O)OCc2cc(=O)oc3cc(O)ccc23)c1. The van der Waals surface area contributed by atoms with Crippen molar-refractivity contribution in [1.29, 1.82) is 0 Å². The van der Waals surface area contributed by atoms with Gasteiger partial charge in [0, 0.05) is 34.7 Å². The minimum atomic E-state index is -0.696. The van der Waals surface area contributed by atoms with Gasteiger partial charge in [0.2, 0.25) is 0 Å². The first-order chi connectivity index (χ1) is 14.4. The molecule has 0 saturated heterocycles. The summed E-state index contributed by atoms with van der Waals surface area (Å²) < 4.78 is 20.4. The minimum absolute atomic E-state index is 0.0586. The van der Waals surface area contributed by atoms with Gasteiger partial charge in [0.05, 0.1) is 14.2 Å². The molecule has 9 heteroatoms. The second kappa shape index (κ2) is 8.99. The molecule has 9 nitrogen and oxygen atoms in total. The summed E-state index contributed by atoms with van der Waals surface area (Å²) in [7, 11) is 2.92. The number of phenols is 1. The molecule has 30 heavy (non-hydrogen) atoms. The molecule has 0 aliphatic heterocycles. The first-order valence-corrected chi connectivity index (χ1v) is 8.82. The van der Waals surface area contributed by atoms with Crippen LogP contribution in [0.3, 0.4) is 0 Å². The van der Waals surface area contributed by atoms with E-state index in [2.05, 4.69) is 5.32 Å². The van der Waals surface area contributed by atoms with Crippen LogP contribution in [0.5, 0.6) is 17.2 Å². The monoisotopic (exact) mass is 413 g/mol. The van der Waals surface area contributed by atoms with Crippen molar-refractivity contribution in [2.24, 2.45) is 0 Å². The standard InChI is InChI=1S/C21H19NO8/c1-27-15-5-12(6-16(9-15)28-2)21(26)22-10-20(25)29-11-13-7-19(24)30-18-8-14(23)3-4-17(13)18/h3-9,23H,10-11H2,1-2H3,(H,22,26). The van der Waals surface area contributed by atoms with E-state index in [-0.39, 0.29) is 30.0 Å². The number of benzene rings is 2. The highest BCUT2D eigenvalue weighted by Gasteiger charge is 2.13. The summed E-state index contributed by atoms with van der Waals surface area (Å²) in [6, 6.07) is 10.1. The van der Waals surface area contributed by atoms with Crippen LogP contribution >= 0.6 is 0 Å². The van der Waals surface area contributed by atoms with Crippen molar-refractivity contribution < 1.29 is 33.3 Å². The van der Waals surface area contributed by atoms with Crippen molar-refractivity contribution >= 4 is 22.8 Å². The van der Waals surface area contributed by atoms with Crippen LogP contribution in [0, 0.1) is 0 Å². The number of carbonyl (C=O) groups excluding carboxylic acids is 2. The van der Waals surface area contributed by atoms with Gasteiger partial charge in [-0.1, -0.05) is 0 Å². The number of carbonyl (C=O) groups is 2. The fourth-order valence-corrected chi connectivity index (χ4v) is 2.74. The number of fused-ring (bicyclic) bond motifs is 1. The maximum absolute atomic E-state index is 12.3. The molecule has 2 N–H and O–H groups in total. The molecule has 0 atom stereocenters. The van der Waals surface area contributed by atoms with E-state index in [1.165, 1.54) is 44.6 Å². The topological polar surface area (TPSA) is 124 Å². The Morgan fingerprint density at radius 1 is 1.03 bits per heavy atom. The van der Waals surface area contributed by atoms with E-state index in [9.17, 15) is 19.5 Å². The average Bonchev–Trinajstić information content (AvgIpc) is 2.74. The van der Waals surface area contributed by atoms with Crippen LogP contribution in [-0.4, -0.2) is 37.7 Å². The zero-order chi connectivity index (χ0) is 21.7. The molecule has 2 aromatic carbocycles. The van der Waals surface area contributed by atoms with Gasteiger partial charge in [-0.05, 0) is 24.3 Å². The Kier molecular flexibility index (Phi) is 6.21. The Morgan fingerprint density at radius 2 is 1.73 bits per heavy atom. The number of phenolic OH excluding ortho intramolecular Hbond substituents is 1. The van der Waals surface area contributed by atoms with Crippen LogP contribution in [0.1, 0.15) is 15.9 Å². The molecule has 1 heterocycles. The lowest BCUT2D eigenvalue weighted by molar-refractivity contribution is -0.143. The van der Waals surface area contributed by atoms with Gasteiger partial charge in [0.25, 0.3) is 5.91 Å². The molecule has 0 fully saturated rings. The van der Waals surface area contributed by atoms with Crippen molar-refractivity contribution in [1.82, 2.24) is 5.32 Å². The number of amides is 1. The number of nitrogens with one attached hydrogen (secondary N) is 1. The normalized spacial score (nSPS) is 10.5. The third-order valence-corrected chi connectivity index (χ3v) is 4.21. The van der Waals surface area contributed by atoms with Crippen LogP contribution in [0.15, 0.2) is 51.7 Å². The molecule has 0 unspecified atom stereocenters. The summed E-state index contributed by atoms with van der Waals surface area (Å²) in [4.78, 5) is 36.0. The van der Waals surface area contributed by atoms with Gasteiger partial charge in [-0.25, -0.2) is 4.79 Å². The highest BCUT2D eigenvalue weighted by molar-refractivity contribution is 5.96. The van der Waals surface area contributed by atoms with Crippen LogP contribution in [0.2, 0.25) is 0 Å². The molecule has 1 amide bonds. The number of ether oxygens (including phenoxy) is 3. The van der Waals surface area contributed by atoms with Gasteiger partial charge < -0.3 is 29.1 Å². The lowest BCUT2D eigenvalue weighted by Gasteiger charge is -2.10. The average molecular weight is 413 g/mol. The molecule has 0 spiro atoms. The Hall–Kier alpha value is -4.01. The molecule has 0 saturated carbocycles. The highest BCUT2D eigenvalue weighted by atomic mass is 16.5. The molecule has 3 rings (SSSR count). The molecule has 0 aliphatic rings. The van der Waals surface area contributed by atoms with Crippen molar-refractivity contribution in [2.45, 2.75) is 6.61 Å². The Morgan fingerprint density at radius 3 is 2.40 bits per heavy atom. The van der Waals surface area contributed by atoms with Crippen LogP contribution in [0.25, 0.3) is 11.0 Å². The van der Waals surface area contributed by atoms with Gasteiger partial charge in [0.1, 0.15) is 36.0 Å². The van der Waals surface area contributed by atoms with Crippen LogP contribution in [-0.2, 0) is 16.1 Å². The number of esters is 1. The zero-order valence-corrected chi connectivity index (χ0v) is 16.3. The zero-order valence-electron chi connectivity index (χ0n) is 16.3. The molecular weight excluding hydrogens is 394 g/mol. The number of hydrogen-bond donors (Lipinski definition) is 2. The third kappa shape index (κ3) is 4.88. The minimum Gasteiger partial charge on any atom is -0.508 e. The summed E-state index contributed by atoms with van der Waals surface area (Å²) in [5, 5.41) is 12.5. The highest BCUT2D eigenvalue weighted by Crippen LogP contribution is 2.23. The fraction of sp³-hybridized carbons (Fsp3) is 0.190. The summed E-state index contributed by atoms with van der Waals surface area (Å²) in [6.45, 7) is -0.576. The van der Waals surface area contributed by atoms with Gasteiger partial charge in [-0.15, -0.1) is 0 Å². The molecular formula is C21H19NO8. The fourth-order valence-electron chi connectivity index (χ4n) is 2.74. The first-order valence-electron chi connectivity index (χ1n) is 8.82. The Bertz CT molecular complexity index is 1130. The number of hydrogen-bond acceptors (Lipinski definition) is 8. The second-order valence-electron chi connectivity index (χ2n) is 6.22. The smallest absolute Gasteiger partial charge is 0.336 e. The van der Waals surface area contributed by atoms with Crippen LogP contribution < -0.4 is 20.4 Å². The van der Waals surface area contributed by atoms with Gasteiger partial charge >= 0.3 is 11.6 Å². The lowest BCUT2D eigenvalue weighted by atomic mass is 10.1. The van der Waals surface area contributed by atoms with E-state index in [0.717, 1.165) is 0 Å². The maximum Gasteiger partial charge on any atom is 0.336 e. The van der Waals surface area contributed by atoms with Crippen molar-refractivity contribution in [3.63, 3.8) is 0 Å². The van der Waals surface area contributed by atoms with E-state index in [0.29, 0.717) is 22.4 Å². The summed E-state index contributed by atoms with van der Waals surface area (Å²) in [5.41, 5.74) is 0.206. The molecule has 0 bridgehead atoms. The van der Waals surface area contributed by atoms with Crippen molar-refractivity contribution in [2.75, 3.05) is 20.8 Å². The van der Waals surface area contributed by atoms with Crippen molar-refractivity contribution in [3.8, 4) is 17.2 Å². The first kappa shape index (κ1) is 20.7. The predicted molar refractivity (Wildman–Crippen MR) is 106 cm³/mol. The van der Waals surface area contributed by atoms with E-state index in [4.69, 9.17) is 18.6 Å². The largest absolute Gasteiger partial charge is 0.508 e. The third-order valence-electron chi connectivity index (χ3n) is 4.21. The van der Waals surface area contributed by atoms with Gasteiger partial charge in [-0.3, -0.25) is 9.59 Å². The maximum atomic E-state index is 12.3. The van der Waals surface area contributed by atoms with E-state index < -0.39 is 17.5 Å². The summed E-state index contributed by atoms with van der Waals surface area (Å²) in [5.74, 6) is -0.397. The summed E-state index contributed by atoms with van der Waals surface area (Å²) >= 11 is 0. The van der Waals surface area contributed by atoms with E-state index in [1.54, 1.807) is 12.1 Å². The quantitative estimate of drug-likeness (QED) is 0.445. The second-order valence-corrected chi connectivity index (χ2v) is 6.22. The molecule has 0 radical (unpaired) electrons. The van der Waals surface area contributed by atoms with Crippen molar-refractivity contribution in [3.05, 3.63) is 64.0 Å². The Labute approximate surface area is 170 Å². The Balaban J connectivity index is 1.63. The molecule has 3 aromatic rings. The van der Waals surface area contributed by atoms with Gasteiger partial charge in [-0.2, -0.15) is 0 Å². The number of aromatic hydroxyl groups is 1. The van der Waals surface area contributed by atoms with E-state index in [1.807, 2.05) is 0 Å². The van der Waals surface area contributed by atoms with Gasteiger partial charge in [0.15, 0.2) is 0 Å². The van der Waals surface area contributed by atoms with Crippen LogP contribution in [0.4, 0.5) is 0 Å². The molecule has 156 valence electrons. The molecule has 1 aromatic heterocycles. The summed E-state index contributed by atoms with van der Waals surface area (Å²) in [6.07, 6.45) is 0. The number of methoxy groups -OCH3 is 2. The van der Waals surface area contributed by atoms with E-state index >= 15 is 0 Å². The lowest BCUT2D eigenvalue weighted by Crippen LogP contribution is -2.30. The number of rotatable bonds is 7. The molecule has 0 aliphatic carbocycles.